The van der Waals surface area contributed by atoms with Gasteiger partial charge in [-0.25, -0.2) is 0 Å². The van der Waals surface area contributed by atoms with Crippen LogP contribution in [-0.4, -0.2) is 38.6 Å². The average molecular weight is 201 g/mol. The minimum Gasteiger partial charge on any atom is -0.316 e. The van der Waals surface area contributed by atoms with Crippen molar-refractivity contribution in [3.8, 4) is 0 Å². The van der Waals surface area contributed by atoms with Crippen LogP contribution in [0.5, 0.6) is 0 Å². The summed E-state index contributed by atoms with van der Waals surface area (Å²) in [5.74, 6) is 0.903. The van der Waals surface area contributed by atoms with Crippen molar-refractivity contribution in [1.29, 1.82) is 0 Å². The monoisotopic (exact) mass is 200 g/mol. The molecule has 2 nitrogen and oxygen atoms in total. The third kappa shape index (κ3) is 5.74. The van der Waals surface area contributed by atoms with Crippen LogP contribution in [0, 0.1) is 5.92 Å². The molecule has 1 rings (SSSR count). The molecule has 0 aromatic rings. The number of rotatable bonds is 2. The first kappa shape index (κ1) is 14.0. The molecule has 1 aliphatic heterocycles. The standard InChI is InChI=1S/C7H16N2.2ClH/c1-9(2)6-7-3-4-8-5-7;;/h7-8H,3-6H2,1-2H3;2*1H. The van der Waals surface area contributed by atoms with Crippen LogP contribution in [0.25, 0.3) is 0 Å². The van der Waals surface area contributed by atoms with Crippen molar-refractivity contribution in [1.82, 2.24) is 10.2 Å². The molecule has 0 aromatic heterocycles. The number of nitrogens with zero attached hydrogens (tertiary/aromatic N) is 1. The summed E-state index contributed by atoms with van der Waals surface area (Å²) < 4.78 is 0. The molecule has 0 spiro atoms. The summed E-state index contributed by atoms with van der Waals surface area (Å²) in [7, 11) is 4.27. The normalized spacial score (nSPS) is 22.6. The highest BCUT2D eigenvalue weighted by molar-refractivity contribution is 5.85. The molecule has 4 heteroatoms. The average Bonchev–Trinajstić information content (AvgIpc) is 2.15. The highest BCUT2D eigenvalue weighted by atomic mass is 35.5. The fourth-order valence-electron chi connectivity index (χ4n) is 1.39. The van der Waals surface area contributed by atoms with Crippen LogP contribution in [0.4, 0.5) is 0 Å². The van der Waals surface area contributed by atoms with E-state index in [0.717, 1.165) is 5.92 Å². The van der Waals surface area contributed by atoms with E-state index in [9.17, 15) is 0 Å². The van der Waals surface area contributed by atoms with Crippen molar-refractivity contribution in [3.63, 3.8) is 0 Å². The molecule has 0 aromatic carbocycles. The summed E-state index contributed by atoms with van der Waals surface area (Å²) in [5.41, 5.74) is 0. The maximum Gasteiger partial charge on any atom is 0.00162 e. The van der Waals surface area contributed by atoms with E-state index in [1.165, 1.54) is 26.1 Å². The molecule has 1 atom stereocenters. The van der Waals surface area contributed by atoms with Crippen LogP contribution in [0.15, 0.2) is 0 Å². The summed E-state index contributed by atoms with van der Waals surface area (Å²) in [6.07, 6.45) is 1.36. The summed E-state index contributed by atoms with van der Waals surface area (Å²) in [6, 6.07) is 0. The lowest BCUT2D eigenvalue weighted by atomic mass is 10.1. The Morgan fingerprint density at radius 2 is 2.00 bits per heavy atom. The molecule has 0 amide bonds. The number of hydrogen-bond donors (Lipinski definition) is 1. The molecule has 1 saturated heterocycles. The minimum atomic E-state index is 0. The Hall–Kier alpha value is 0.500. The zero-order valence-electron chi connectivity index (χ0n) is 7.17. The minimum absolute atomic E-state index is 0. The molecular formula is C7H18Cl2N2. The zero-order chi connectivity index (χ0) is 6.69. The summed E-state index contributed by atoms with van der Waals surface area (Å²) in [4.78, 5) is 2.26. The first-order valence-corrected chi connectivity index (χ1v) is 3.64. The van der Waals surface area contributed by atoms with Crippen molar-refractivity contribution in [2.75, 3.05) is 33.7 Å². The topological polar surface area (TPSA) is 15.3 Å². The molecule has 11 heavy (non-hydrogen) atoms. The fraction of sp³-hybridized carbons (Fsp3) is 1.00. The van der Waals surface area contributed by atoms with Gasteiger partial charge in [0.1, 0.15) is 0 Å². The van der Waals surface area contributed by atoms with Crippen molar-refractivity contribution in [3.05, 3.63) is 0 Å². The van der Waals surface area contributed by atoms with Gasteiger partial charge < -0.3 is 10.2 Å². The van der Waals surface area contributed by atoms with Crippen molar-refractivity contribution in [2.24, 2.45) is 5.92 Å². The van der Waals surface area contributed by atoms with Crippen LogP contribution in [0.3, 0.4) is 0 Å². The van der Waals surface area contributed by atoms with Crippen molar-refractivity contribution in [2.45, 2.75) is 6.42 Å². The van der Waals surface area contributed by atoms with Gasteiger partial charge in [0.15, 0.2) is 0 Å². The van der Waals surface area contributed by atoms with E-state index in [-0.39, 0.29) is 24.8 Å². The van der Waals surface area contributed by atoms with E-state index >= 15 is 0 Å². The van der Waals surface area contributed by atoms with Gasteiger partial charge in [-0.3, -0.25) is 0 Å². The van der Waals surface area contributed by atoms with Gasteiger partial charge in [0.05, 0.1) is 0 Å². The Balaban J connectivity index is 0. The smallest absolute Gasteiger partial charge is 0.00162 e. The number of halogens is 2. The Labute approximate surface area is 81.5 Å². The number of hydrogen-bond acceptors (Lipinski definition) is 2. The number of nitrogens with one attached hydrogen (secondary N) is 1. The molecule has 1 unspecified atom stereocenters. The molecule has 0 bridgehead atoms. The maximum atomic E-state index is 3.35. The lowest BCUT2D eigenvalue weighted by molar-refractivity contribution is 0.339. The van der Waals surface area contributed by atoms with Gasteiger partial charge in [0, 0.05) is 6.54 Å². The Morgan fingerprint density at radius 1 is 1.36 bits per heavy atom. The van der Waals surface area contributed by atoms with E-state index in [1.54, 1.807) is 0 Å². The fourth-order valence-corrected chi connectivity index (χ4v) is 1.39. The van der Waals surface area contributed by atoms with Crippen LogP contribution in [0.1, 0.15) is 6.42 Å². The predicted molar refractivity (Wildman–Crippen MR) is 54.0 cm³/mol. The van der Waals surface area contributed by atoms with Gasteiger partial charge in [0.2, 0.25) is 0 Å². The second kappa shape index (κ2) is 7.17. The zero-order valence-corrected chi connectivity index (χ0v) is 8.80. The third-order valence-electron chi connectivity index (χ3n) is 1.79. The molecular weight excluding hydrogens is 183 g/mol. The second-order valence-corrected chi connectivity index (χ2v) is 3.12. The largest absolute Gasteiger partial charge is 0.316 e. The second-order valence-electron chi connectivity index (χ2n) is 3.12. The Morgan fingerprint density at radius 3 is 2.36 bits per heavy atom. The molecule has 0 saturated carbocycles. The van der Waals surface area contributed by atoms with Gasteiger partial charge in [0.25, 0.3) is 0 Å². The lowest BCUT2D eigenvalue weighted by Crippen LogP contribution is -2.23. The van der Waals surface area contributed by atoms with Crippen molar-refractivity contribution < 1.29 is 0 Å². The maximum absolute atomic E-state index is 3.35. The third-order valence-corrected chi connectivity index (χ3v) is 1.79. The van der Waals surface area contributed by atoms with Gasteiger partial charge in [-0.2, -0.15) is 0 Å². The summed E-state index contributed by atoms with van der Waals surface area (Å²) in [5, 5.41) is 3.35. The summed E-state index contributed by atoms with van der Waals surface area (Å²) in [6.45, 7) is 3.68. The SMILES string of the molecule is CN(C)CC1CCNC1.Cl.Cl. The quantitative estimate of drug-likeness (QED) is 0.717. The molecule has 0 aliphatic carbocycles. The Bertz CT molecular complexity index is 82.5. The van der Waals surface area contributed by atoms with Gasteiger partial charge in [-0.05, 0) is 39.5 Å². The summed E-state index contributed by atoms with van der Waals surface area (Å²) >= 11 is 0. The highest BCUT2D eigenvalue weighted by Gasteiger charge is 2.13. The predicted octanol–water partition coefficient (Wildman–Crippen LogP) is 1.00. The van der Waals surface area contributed by atoms with E-state index in [0.29, 0.717) is 0 Å². The van der Waals surface area contributed by atoms with Crippen LogP contribution in [-0.2, 0) is 0 Å². The Kier molecular flexibility index (Phi) is 9.15. The van der Waals surface area contributed by atoms with E-state index in [4.69, 9.17) is 0 Å². The molecule has 1 N–H and O–H groups in total. The van der Waals surface area contributed by atoms with Gasteiger partial charge >= 0.3 is 0 Å². The van der Waals surface area contributed by atoms with Crippen LogP contribution >= 0.6 is 24.8 Å². The van der Waals surface area contributed by atoms with Crippen molar-refractivity contribution >= 4 is 24.8 Å². The lowest BCUT2D eigenvalue weighted by Gasteiger charge is -2.13. The molecule has 1 fully saturated rings. The first-order chi connectivity index (χ1) is 4.29. The highest BCUT2D eigenvalue weighted by Crippen LogP contribution is 2.06. The van der Waals surface area contributed by atoms with Gasteiger partial charge in [-0.1, -0.05) is 0 Å². The van der Waals surface area contributed by atoms with E-state index in [1.807, 2.05) is 0 Å². The van der Waals surface area contributed by atoms with Crippen LogP contribution < -0.4 is 5.32 Å². The van der Waals surface area contributed by atoms with Crippen LogP contribution in [0.2, 0.25) is 0 Å². The van der Waals surface area contributed by atoms with Gasteiger partial charge in [-0.15, -0.1) is 24.8 Å². The molecule has 1 aliphatic rings. The molecule has 1 heterocycles. The van der Waals surface area contributed by atoms with E-state index < -0.39 is 0 Å². The van der Waals surface area contributed by atoms with E-state index in [2.05, 4.69) is 24.3 Å². The molecule has 70 valence electrons. The molecule has 0 radical (unpaired) electrons. The first-order valence-electron chi connectivity index (χ1n) is 3.64.